The number of hydrogen-bond acceptors (Lipinski definition) is 4. The van der Waals surface area contributed by atoms with Crippen LogP contribution in [0, 0.1) is 11.8 Å². The third-order valence-electron chi connectivity index (χ3n) is 5.42. The van der Waals surface area contributed by atoms with Crippen LogP contribution in [0.2, 0.25) is 0 Å². The summed E-state index contributed by atoms with van der Waals surface area (Å²) in [6.45, 7) is 10.3. The third-order valence-corrected chi connectivity index (χ3v) is 5.42. The van der Waals surface area contributed by atoms with Crippen LogP contribution in [0.25, 0.3) is 0 Å². The number of nitrogens with one attached hydrogen (secondary N) is 1. The first-order chi connectivity index (χ1) is 12.9. The number of ketones is 1. The molecule has 1 saturated carbocycles. The lowest BCUT2D eigenvalue weighted by Gasteiger charge is -2.29. The molecule has 5 heteroatoms. The van der Waals surface area contributed by atoms with E-state index in [0.717, 1.165) is 64.6 Å². The van der Waals surface area contributed by atoms with E-state index in [-0.39, 0.29) is 23.8 Å². The SMILES string of the molecule is CCC(C)C(=O)C1CCC(NC(=O)CCCOCCCCOC(C)C)CC1. The Morgan fingerprint density at radius 3 is 2.22 bits per heavy atom. The Balaban J connectivity index is 2.01. The molecule has 0 radical (unpaired) electrons. The van der Waals surface area contributed by atoms with Gasteiger partial charge in [0.15, 0.2) is 0 Å². The maximum absolute atomic E-state index is 12.3. The molecule has 158 valence electrons. The number of amides is 1. The zero-order chi connectivity index (χ0) is 20.1. The van der Waals surface area contributed by atoms with Crippen molar-refractivity contribution in [2.45, 2.75) is 97.6 Å². The molecule has 1 N–H and O–H groups in total. The molecule has 0 bridgehead atoms. The summed E-state index contributed by atoms with van der Waals surface area (Å²) in [6.07, 6.45) is 8.18. The molecule has 0 aromatic heterocycles. The van der Waals surface area contributed by atoms with Crippen LogP contribution in [0.1, 0.15) is 85.5 Å². The first kappa shape index (κ1) is 24.1. The third kappa shape index (κ3) is 10.8. The zero-order valence-corrected chi connectivity index (χ0v) is 17.9. The summed E-state index contributed by atoms with van der Waals surface area (Å²) >= 11 is 0. The summed E-state index contributed by atoms with van der Waals surface area (Å²) in [5.74, 6) is 0.896. The van der Waals surface area contributed by atoms with Gasteiger partial charge in [-0.25, -0.2) is 0 Å². The minimum absolute atomic E-state index is 0.112. The van der Waals surface area contributed by atoms with Crippen LogP contribution in [0.3, 0.4) is 0 Å². The van der Waals surface area contributed by atoms with Crippen molar-refractivity contribution in [3.8, 4) is 0 Å². The van der Waals surface area contributed by atoms with E-state index < -0.39 is 0 Å². The molecule has 27 heavy (non-hydrogen) atoms. The molecule has 5 nitrogen and oxygen atoms in total. The first-order valence-electron chi connectivity index (χ1n) is 11.0. The fourth-order valence-electron chi connectivity index (χ4n) is 3.49. The molecule has 1 fully saturated rings. The van der Waals surface area contributed by atoms with Crippen molar-refractivity contribution in [2.24, 2.45) is 11.8 Å². The van der Waals surface area contributed by atoms with Gasteiger partial charge in [-0.1, -0.05) is 13.8 Å². The van der Waals surface area contributed by atoms with Crippen LogP contribution in [0.5, 0.6) is 0 Å². The second-order valence-corrected chi connectivity index (χ2v) is 8.17. The number of hydrogen-bond donors (Lipinski definition) is 1. The highest BCUT2D eigenvalue weighted by molar-refractivity contribution is 5.83. The van der Waals surface area contributed by atoms with Crippen LogP contribution >= 0.6 is 0 Å². The Hall–Kier alpha value is -0.940. The molecule has 1 rings (SSSR count). The Bertz CT molecular complexity index is 417. The molecule has 0 aromatic carbocycles. The lowest BCUT2D eigenvalue weighted by Crippen LogP contribution is -2.39. The maximum Gasteiger partial charge on any atom is 0.220 e. The Morgan fingerprint density at radius 1 is 0.963 bits per heavy atom. The van der Waals surface area contributed by atoms with Crippen LogP contribution in [0.15, 0.2) is 0 Å². The molecule has 0 aromatic rings. The van der Waals surface area contributed by atoms with E-state index in [0.29, 0.717) is 24.9 Å². The van der Waals surface area contributed by atoms with Crippen molar-refractivity contribution >= 4 is 11.7 Å². The van der Waals surface area contributed by atoms with Gasteiger partial charge in [0, 0.05) is 44.1 Å². The molecule has 0 heterocycles. The van der Waals surface area contributed by atoms with Crippen LogP contribution in [-0.4, -0.2) is 43.7 Å². The Labute approximate surface area is 165 Å². The molecule has 1 unspecified atom stereocenters. The van der Waals surface area contributed by atoms with E-state index >= 15 is 0 Å². The van der Waals surface area contributed by atoms with Crippen LogP contribution in [-0.2, 0) is 19.1 Å². The van der Waals surface area contributed by atoms with Crippen molar-refractivity contribution in [3.05, 3.63) is 0 Å². The van der Waals surface area contributed by atoms with Crippen molar-refractivity contribution in [1.29, 1.82) is 0 Å². The standard InChI is InChI=1S/C22H41NO4/c1-5-18(4)22(25)19-10-12-20(13-11-19)23-21(24)9-8-15-26-14-6-7-16-27-17(2)3/h17-20H,5-16H2,1-4H3,(H,23,24). The highest BCUT2D eigenvalue weighted by atomic mass is 16.5. The van der Waals surface area contributed by atoms with Crippen LogP contribution in [0.4, 0.5) is 0 Å². The van der Waals surface area contributed by atoms with Crippen molar-refractivity contribution < 1.29 is 19.1 Å². The van der Waals surface area contributed by atoms with Crippen LogP contribution < -0.4 is 5.32 Å². The number of ether oxygens (including phenoxy) is 2. The molecule has 0 saturated heterocycles. The van der Waals surface area contributed by atoms with E-state index in [1.54, 1.807) is 0 Å². The molecule has 1 aliphatic carbocycles. The van der Waals surface area contributed by atoms with Gasteiger partial charge in [-0.05, 0) is 65.2 Å². The molecule has 1 atom stereocenters. The molecule has 0 aliphatic heterocycles. The quantitative estimate of drug-likeness (QED) is 0.455. The molecular weight excluding hydrogens is 342 g/mol. The summed E-state index contributed by atoms with van der Waals surface area (Å²) in [6, 6.07) is 0.236. The van der Waals surface area contributed by atoms with E-state index in [2.05, 4.69) is 12.2 Å². The summed E-state index contributed by atoms with van der Waals surface area (Å²) < 4.78 is 11.1. The van der Waals surface area contributed by atoms with Crippen molar-refractivity contribution in [2.75, 3.05) is 19.8 Å². The predicted molar refractivity (Wildman–Crippen MR) is 109 cm³/mol. The smallest absolute Gasteiger partial charge is 0.220 e. The summed E-state index contributed by atoms with van der Waals surface area (Å²) in [5, 5.41) is 3.13. The lowest BCUT2D eigenvalue weighted by molar-refractivity contribution is -0.127. The van der Waals surface area contributed by atoms with Gasteiger partial charge in [-0.15, -0.1) is 0 Å². The molecule has 1 aliphatic rings. The van der Waals surface area contributed by atoms with Gasteiger partial charge >= 0.3 is 0 Å². The van der Waals surface area contributed by atoms with Gasteiger partial charge in [-0.2, -0.15) is 0 Å². The van der Waals surface area contributed by atoms with E-state index in [1.165, 1.54) is 0 Å². The topological polar surface area (TPSA) is 64.6 Å². The number of rotatable bonds is 14. The first-order valence-corrected chi connectivity index (χ1v) is 11.0. The Kier molecular flexibility index (Phi) is 12.6. The number of carbonyl (C=O) groups is 2. The molecule has 0 spiro atoms. The van der Waals surface area contributed by atoms with Gasteiger partial charge in [0.2, 0.25) is 5.91 Å². The summed E-state index contributed by atoms with van der Waals surface area (Å²) in [7, 11) is 0. The van der Waals surface area contributed by atoms with E-state index in [1.807, 2.05) is 20.8 Å². The number of unbranched alkanes of at least 4 members (excludes halogenated alkanes) is 1. The van der Waals surface area contributed by atoms with Gasteiger partial charge in [-0.3, -0.25) is 9.59 Å². The predicted octanol–water partition coefficient (Wildman–Crippen LogP) is 4.28. The van der Waals surface area contributed by atoms with Crippen molar-refractivity contribution in [1.82, 2.24) is 5.32 Å². The molecular formula is C22H41NO4. The second kappa shape index (κ2) is 14.1. The zero-order valence-electron chi connectivity index (χ0n) is 17.9. The van der Waals surface area contributed by atoms with Gasteiger partial charge < -0.3 is 14.8 Å². The number of carbonyl (C=O) groups excluding carboxylic acids is 2. The lowest BCUT2D eigenvalue weighted by atomic mass is 9.79. The van der Waals surface area contributed by atoms with Gasteiger partial charge in [0.05, 0.1) is 6.10 Å². The average Bonchev–Trinajstić information content (AvgIpc) is 2.65. The Morgan fingerprint density at radius 2 is 1.59 bits per heavy atom. The highest BCUT2D eigenvalue weighted by Gasteiger charge is 2.28. The largest absolute Gasteiger partial charge is 0.381 e. The van der Waals surface area contributed by atoms with E-state index in [4.69, 9.17) is 9.47 Å². The minimum Gasteiger partial charge on any atom is -0.381 e. The van der Waals surface area contributed by atoms with Crippen molar-refractivity contribution in [3.63, 3.8) is 0 Å². The average molecular weight is 384 g/mol. The van der Waals surface area contributed by atoms with Gasteiger partial charge in [0.1, 0.15) is 5.78 Å². The monoisotopic (exact) mass is 383 g/mol. The summed E-state index contributed by atoms with van der Waals surface area (Å²) in [5.41, 5.74) is 0. The van der Waals surface area contributed by atoms with E-state index in [9.17, 15) is 9.59 Å². The number of Topliss-reactive ketones (excluding diaryl/α,β-unsaturated/α-hetero) is 1. The normalized spacial score (nSPS) is 21.2. The van der Waals surface area contributed by atoms with Gasteiger partial charge in [0.25, 0.3) is 0 Å². The molecule has 1 amide bonds. The fraction of sp³-hybridized carbons (Fsp3) is 0.909. The summed E-state index contributed by atoms with van der Waals surface area (Å²) in [4.78, 5) is 24.3. The minimum atomic E-state index is 0.112. The maximum atomic E-state index is 12.3. The second-order valence-electron chi connectivity index (χ2n) is 8.17. The highest BCUT2D eigenvalue weighted by Crippen LogP contribution is 2.28. The fourth-order valence-corrected chi connectivity index (χ4v) is 3.49.